The maximum absolute atomic E-state index is 4.67. The second kappa shape index (κ2) is 6.61. The van der Waals surface area contributed by atoms with Crippen molar-refractivity contribution in [1.29, 1.82) is 0 Å². The molecule has 0 N–H and O–H groups in total. The molecule has 4 rings (SSSR count). The van der Waals surface area contributed by atoms with Gasteiger partial charge in [-0.1, -0.05) is 12.1 Å². The van der Waals surface area contributed by atoms with Gasteiger partial charge >= 0.3 is 0 Å². The Hall–Kier alpha value is -1.78. The van der Waals surface area contributed by atoms with Gasteiger partial charge in [-0.3, -0.25) is 19.8 Å². The highest BCUT2D eigenvalue weighted by Gasteiger charge is 2.24. The van der Waals surface area contributed by atoms with Crippen LogP contribution in [0.3, 0.4) is 0 Å². The van der Waals surface area contributed by atoms with Crippen LogP contribution in [0.4, 0.5) is 0 Å². The molecule has 4 nitrogen and oxygen atoms in total. The van der Waals surface area contributed by atoms with E-state index in [2.05, 4.69) is 58.1 Å². The molecule has 2 aromatic heterocycles. The molecule has 0 aliphatic carbocycles. The van der Waals surface area contributed by atoms with Crippen molar-refractivity contribution in [3.05, 3.63) is 47.8 Å². The molecular formula is C20H26N4. The van der Waals surface area contributed by atoms with Crippen molar-refractivity contribution >= 4 is 0 Å². The predicted molar refractivity (Wildman–Crippen MR) is 96.7 cm³/mol. The Morgan fingerprint density at radius 1 is 0.750 bits per heavy atom. The summed E-state index contributed by atoms with van der Waals surface area (Å²) in [6.07, 6.45) is 9.09. The Balaban J connectivity index is 1.51. The van der Waals surface area contributed by atoms with Crippen LogP contribution in [-0.4, -0.2) is 47.0 Å². The normalized spacial score (nSPS) is 25.4. The summed E-state index contributed by atoms with van der Waals surface area (Å²) >= 11 is 0. The summed E-state index contributed by atoms with van der Waals surface area (Å²) in [6, 6.07) is 9.72. The average Bonchev–Trinajstić information content (AvgIpc) is 3.23. The standard InChI is InChI=1S/C20H26N4/c1-23-11-3-5-19(23)15-7-9-17(21-13-15)18-10-8-16(14-22-18)20-6-4-12-24(20)2/h7-10,13-14,19-20H,3-6,11-12H2,1-2H3/t19-,20-/m0/s1. The van der Waals surface area contributed by atoms with Gasteiger partial charge in [-0.2, -0.15) is 0 Å². The summed E-state index contributed by atoms with van der Waals surface area (Å²) in [5.41, 5.74) is 4.57. The van der Waals surface area contributed by atoms with E-state index >= 15 is 0 Å². The zero-order valence-corrected chi connectivity index (χ0v) is 14.7. The molecule has 4 heterocycles. The zero-order valence-electron chi connectivity index (χ0n) is 14.7. The van der Waals surface area contributed by atoms with Gasteiger partial charge in [0.1, 0.15) is 0 Å². The second-order valence-electron chi connectivity index (χ2n) is 7.23. The van der Waals surface area contributed by atoms with Gasteiger partial charge in [0.25, 0.3) is 0 Å². The summed E-state index contributed by atoms with van der Waals surface area (Å²) < 4.78 is 0. The number of hydrogen-bond acceptors (Lipinski definition) is 4. The molecule has 2 aliphatic heterocycles. The van der Waals surface area contributed by atoms with Crippen LogP contribution in [0.1, 0.15) is 48.9 Å². The Kier molecular flexibility index (Phi) is 4.33. The van der Waals surface area contributed by atoms with E-state index in [1.54, 1.807) is 0 Å². The van der Waals surface area contributed by atoms with Crippen molar-refractivity contribution in [2.45, 2.75) is 37.8 Å². The lowest BCUT2D eigenvalue weighted by Gasteiger charge is -2.20. The highest BCUT2D eigenvalue weighted by Crippen LogP contribution is 2.32. The highest BCUT2D eigenvalue weighted by atomic mass is 15.1. The van der Waals surface area contributed by atoms with Gasteiger partial charge in [-0.05, 0) is 76.1 Å². The summed E-state index contributed by atoms with van der Waals surface area (Å²) in [6.45, 7) is 2.37. The van der Waals surface area contributed by atoms with Gasteiger partial charge in [0.15, 0.2) is 0 Å². The van der Waals surface area contributed by atoms with Crippen molar-refractivity contribution in [2.24, 2.45) is 0 Å². The molecule has 0 aromatic carbocycles. The van der Waals surface area contributed by atoms with Gasteiger partial charge in [0, 0.05) is 24.5 Å². The minimum absolute atomic E-state index is 0.528. The maximum atomic E-state index is 4.67. The Bertz CT molecular complexity index is 618. The lowest BCUT2D eigenvalue weighted by atomic mass is 10.0. The topological polar surface area (TPSA) is 32.3 Å². The fourth-order valence-electron chi connectivity index (χ4n) is 4.17. The van der Waals surface area contributed by atoms with Crippen molar-refractivity contribution in [3.63, 3.8) is 0 Å². The first-order chi connectivity index (χ1) is 11.7. The van der Waals surface area contributed by atoms with E-state index in [1.807, 2.05) is 12.4 Å². The van der Waals surface area contributed by atoms with Crippen LogP contribution >= 0.6 is 0 Å². The maximum Gasteiger partial charge on any atom is 0.0886 e. The van der Waals surface area contributed by atoms with Crippen LogP contribution in [0, 0.1) is 0 Å². The predicted octanol–water partition coefficient (Wildman–Crippen LogP) is 3.68. The first-order valence-electron chi connectivity index (χ1n) is 9.05. The Morgan fingerprint density at radius 3 is 1.50 bits per heavy atom. The molecule has 2 saturated heterocycles. The summed E-state index contributed by atoms with van der Waals surface area (Å²) in [4.78, 5) is 14.2. The lowest BCUT2D eigenvalue weighted by molar-refractivity contribution is 0.317. The molecule has 2 aromatic rings. The quantitative estimate of drug-likeness (QED) is 0.863. The lowest BCUT2D eigenvalue weighted by Crippen LogP contribution is -2.17. The smallest absolute Gasteiger partial charge is 0.0886 e. The molecule has 4 heteroatoms. The molecule has 2 fully saturated rings. The van der Waals surface area contributed by atoms with E-state index in [1.165, 1.54) is 49.9 Å². The zero-order chi connectivity index (χ0) is 16.5. The van der Waals surface area contributed by atoms with Crippen molar-refractivity contribution in [2.75, 3.05) is 27.2 Å². The summed E-state index contributed by atoms with van der Waals surface area (Å²) in [5, 5.41) is 0. The van der Waals surface area contributed by atoms with E-state index in [0.717, 1.165) is 11.4 Å². The van der Waals surface area contributed by atoms with Crippen molar-refractivity contribution < 1.29 is 0 Å². The number of likely N-dealkylation sites (tertiary alicyclic amines) is 2. The second-order valence-corrected chi connectivity index (χ2v) is 7.23. The Labute approximate surface area is 144 Å². The van der Waals surface area contributed by atoms with E-state index in [4.69, 9.17) is 0 Å². The number of hydrogen-bond donors (Lipinski definition) is 0. The summed E-state index contributed by atoms with van der Waals surface area (Å²) in [7, 11) is 4.40. The first kappa shape index (κ1) is 15.7. The van der Waals surface area contributed by atoms with Crippen LogP contribution in [0.25, 0.3) is 11.4 Å². The molecule has 0 unspecified atom stereocenters. The van der Waals surface area contributed by atoms with Crippen LogP contribution in [0.15, 0.2) is 36.7 Å². The van der Waals surface area contributed by atoms with E-state index in [-0.39, 0.29) is 0 Å². The van der Waals surface area contributed by atoms with Gasteiger partial charge in [0.05, 0.1) is 11.4 Å². The summed E-state index contributed by atoms with van der Waals surface area (Å²) in [5.74, 6) is 0. The van der Waals surface area contributed by atoms with Gasteiger partial charge < -0.3 is 0 Å². The molecule has 2 atom stereocenters. The molecule has 0 bridgehead atoms. The minimum Gasteiger partial charge on any atom is -0.299 e. The van der Waals surface area contributed by atoms with Crippen molar-refractivity contribution in [3.8, 4) is 11.4 Å². The fraction of sp³-hybridized carbons (Fsp3) is 0.500. The van der Waals surface area contributed by atoms with Gasteiger partial charge in [-0.25, -0.2) is 0 Å². The first-order valence-corrected chi connectivity index (χ1v) is 9.05. The highest BCUT2D eigenvalue weighted by molar-refractivity contribution is 5.54. The minimum atomic E-state index is 0.528. The number of nitrogens with zero attached hydrogens (tertiary/aromatic N) is 4. The number of aromatic nitrogens is 2. The molecule has 2 aliphatic rings. The molecule has 0 saturated carbocycles. The third kappa shape index (κ3) is 2.96. The van der Waals surface area contributed by atoms with E-state index in [9.17, 15) is 0 Å². The SMILES string of the molecule is CN1CCC[C@H]1c1ccc(-c2ccc([C@@H]3CCCN3C)cn2)nc1. The Morgan fingerprint density at radius 2 is 1.21 bits per heavy atom. The van der Waals surface area contributed by atoms with E-state index < -0.39 is 0 Å². The molecule has 126 valence electrons. The molecule has 0 amide bonds. The molecule has 0 radical (unpaired) electrons. The monoisotopic (exact) mass is 322 g/mol. The third-order valence-corrected chi connectivity index (χ3v) is 5.65. The molecular weight excluding hydrogens is 296 g/mol. The third-order valence-electron chi connectivity index (χ3n) is 5.65. The van der Waals surface area contributed by atoms with E-state index in [0.29, 0.717) is 12.1 Å². The van der Waals surface area contributed by atoms with Crippen LogP contribution < -0.4 is 0 Å². The number of pyridine rings is 2. The fourth-order valence-corrected chi connectivity index (χ4v) is 4.17. The van der Waals surface area contributed by atoms with Gasteiger partial charge in [-0.15, -0.1) is 0 Å². The van der Waals surface area contributed by atoms with Crippen LogP contribution in [0.2, 0.25) is 0 Å². The van der Waals surface area contributed by atoms with Crippen LogP contribution in [-0.2, 0) is 0 Å². The average molecular weight is 322 g/mol. The largest absolute Gasteiger partial charge is 0.299 e. The van der Waals surface area contributed by atoms with Crippen molar-refractivity contribution in [1.82, 2.24) is 19.8 Å². The molecule has 24 heavy (non-hydrogen) atoms. The molecule has 0 spiro atoms. The van der Waals surface area contributed by atoms with Gasteiger partial charge in [0.2, 0.25) is 0 Å². The van der Waals surface area contributed by atoms with Crippen LogP contribution in [0.5, 0.6) is 0 Å². The number of rotatable bonds is 3.